The maximum Gasteiger partial charge on any atom is 0.428 e. The van der Waals surface area contributed by atoms with Crippen molar-refractivity contribution in [3.63, 3.8) is 0 Å². The smallest absolute Gasteiger partial charge is 0.428 e. The van der Waals surface area contributed by atoms with Crippen molar-refractivity contribution in [2.75, 3.05) is 0 Å². The molecule has 5 heteroatoms. The quantitative estimate of drug-likeness (QED) is 0.717. The number of alkyl halides is 4. The van der Waals surface area contributed by atoms with Gasteiger partial charge in [-0.05, 0) is 12.1 Å². The van der Waals surface area contributed by atoms with E-state index in [0.717, 1.165) is 0 Å². The van der Waals surface area contributed by atoms with Gasteiger partial charge in [-0.15, -0.1) is 0 Å². The highest BCUT2D eigenvalue weighted by molar-refractivity contribution is 6.44. The van der Waals surface area contributed by atoms with E-state index in [4.69, 9.17) is 23.2 Å². The van der Waals surface area contributed by atoms with Gasteiger partial charge in [0.25, 0.3) is 0 Å². The summed E-state index contributed by atoms with van der Waals surface area (Å²) < 4.78 is 29.8. The summed E-state index contributed by atoms with van der Waals surface area (Å²) in [5, 5.41) is 0. The molecule has 0 heterocycles. The Kier molecular flexibility index (Phi) is 3.33. The van der Waals surface area contributed by atoms with Crippen molar-refractivity contribution in [3.8, 4) is 5.75 Å². The van der Waals surface area contributed by atoms with Crippen LogP contribution >= 0.6 is 23.2 Å². The van der Waals surface area contributed by atoms with Gasteiger partial charge in [0.1, 0.15) is 5.75 Å². The Balaban J connectivity index is 2.69. The van der Waals surface area contributed by atoms with Crippen molar-refractivity contribution >= 4 is 23.2 Å². The van der Waals surface area contributed by atoms with Crippen LogP contribution in [0, 0.1) is 0 Å². The lowest BCUT2D eigenvalue weighted by Crippen LogP contribution is -2.32. The maximum absolute atomic E-state index is 12.7. The molecule has 1 nitrogen and oxygen atoms in total. The predicted octanol–water partition coefficient (Wildman–Crippen LogP) is 3.46. The van der Waals surface area contributed by atoms with Crippen molar-refractivity contribution in [1.29, 1.82) is 0 Å². The first-order valence-corrected chi connectivity index (χ1v) is 4.29. The molecule has 0 aliphatic rings. The highest BCUT2D eigenvalue weighted by Crippen LogP contribution is 2.29. The average Bonchev–Trinajstić information content (AvgIpc) is 2.05. The van der Waals surface area contributed by atoms with E-state index in [-0.39, 0.29) is 5.75 Å². The van der Waals surface area contributed by atoms with Gasteiger partial charge >= 0.3 is 6.11 Å². The first kappa shape index (κ1) is 10.5. The minimum absolute atomic E-state index is 0.0267. The highest BCUT2D eigenvalue weighted by Gasteiger charge is 2.40. The van der Waals surface area contributed by atoms with Gasteiger partial charge in [0, 0.05) is 0 Å². The summed E-state index contributed by atoms with van der Waals surface area (Å²) in [6.45, 7) is 0. The van der Waals surface area contributed by atoms with Gasteiger partial charge in [0.05, 0.1) is 0 Å². The first-order valence-electron chi connectivity index (χ1n) is 3.42. The molecule has 0 N–H and O–H groups in total. The van der Waals surface area contributed by atoms with Gasteiger partial charge in [-0.1, -0.05) is 41.4 Å². The number of hydrogen-bond donors (Lipinski definition) is 0. The second-order valence-electron chi connectivity index (χ2n) is 2.28. The van der Waals surface area contributed by atoms with Crippen LogP contribution in [0.1, 0.15) is 0 Å². The molecule has 0 radical (unpaired) electrons. The van der Waals surface area contributed by atoms with Crippen molar-refractivity contribution in [2.24, 2.45) is 0 Å². The van der Waals surface area contributed by atoms with Crippen molar-refractivity contribution < 1.29 is 13.5 Å². The normalized spacial score (nSPS) is 15.5. The fraction of sp³-hybridized carbons (Fsp3) is 0.250. The zero-order chi connectivity index (χ0) is 9.90. The second kappa shape index (κ2) is 4.11. The lowest BCUT2D eigenvalue weighted by atomic mass is 10.3. The van der Waals surface area contributed by atoms with E-state index >= 15 is 0 Å². The average molecular weight is 226 g/mol. The van der Waals surface area contributed by atoms with Crippen LogP contribution in [0.25, 0.3) is 0 Å². The van der Waals surface area contributed by atoms with E-state index in [9.17, 15) is 8.78 Å². The van der Waals surface area contributed by atoms with Gasteiger partial charge in [-0.2, -0.15) is 8.78 Å². The highest BCUT2D eigenvalue weighted by atomic mass is 35.5. The third-order valence-electron chi connectivity index (χ3n) is 1.25. The number of hydrogen-bond acceptors (Lipinski definition) is 1. The van der Waals surface area contributed by atoms with Gasteiger partial charge < -0.3 is 4.74 Å². The molecule has 0 aliphatic carbocycles. The monoisotopic (exact) mass is 225 g/mol. The summed E-state index contributed by atoms with van der Waals surface area (Å²) in [4.78, 5) is -1.88. The van der Waals surface area contributed by atoms with Crippen LogP contribution in [0.5, 0.6) is 5.75 Å². The Morgan fingerprint density at radius 1 is 1.15 bits per heavy atom. The van der Waals surface area contributed by atoms with Crippen molar-refractivity contribution in [2.45, 2.75) is 10.9 Å². The molecular formula is C8H6Cl2F2O. The van der Waals surface area contributed by atoms with Gasteiger partial charge in [-0.3, -0.25) is 0 Å². The zero-order valence-electron chi connectivity index (χ0n) is 6.38. The van der Waals surface area contributed by atoms with E-state index in [1.54, 1.807) is 18.2 Å². The number of halogens is 4. The van der Waals surface area contributed by atoms with E-state index in [2.05, 4.69) is 4.74 Å². The molecule has 1 unspecified atom stereocenters. The molecule has 0 aromatic heterocycles. The summed E-state index contributed by atoms with van der Waals surface area (Å²) >= 11 is 10.0. The van der Waals surface area contributed by atoms with Crippen LogP contribution in [0.4, 0.5) is 8.78 Å². The van der Waals surface area contributed by atoms with E-state index in [1.807, 2.05) is 0 Å². The van der Waals surface area contributed by atoms with Crippen LogP contribution in [0.15, 0.2) is 30.3 Å². The summed E-state index contributed by atoms with van der Waals surface area (Å²) in [6, 6.07) is 7.61. The van der Waals surface area contributed by atoms with Crippen LogP contribution in [0.3, 0.4) is 0 Å². The molecule has 72 valence electrons. The van der Waals surface area contributed by atoms with Gasteiger partial charge in [-0.25, -0.2) is 0 Å². The fourth-order valence-corrected chi connectivity index (χ4v) is 0.779. The molecule has 13 heavy (non-hydrogen) atoms. The Morgan fingerprint density at radius 2 is 1.69 bits per heavy atom. The topological polar surface area (TPSA) is 9.23 Å². The molecule has 0 saturated carbocycles. The Labute approximate surface area is 84.2 Å². The molecule has 0 aliphatic heterocycles. The predicted molar refractivity (Wildman–Crippen MR) is 47.5 cm³/mol. The largest absolute Gasteiger partial charge is 0.431 e. The lowest BCUT2D eigenvalue weighted by Gasteiger charge is -2.18. The van der Waals surface area contributed by atoms with Crippen LogP contribution in [0.2, 0.25) is 0 Å². The molecule has 1 rings (SSSR count). The van der Waals surface area contributed by atoms with E-state index in [0.29, 0.717) is 0 Å². The molecule has 0 saturated heterocycles. The Bertz CT molecular complexity index is 264. The van der Waals surface area contributed by atoms with Gasteiger partial charge in [0.2, 0.25) is 4.84 Å². The summed E-state index contributed by atoms with van der Waals surface area (Å²) in [5.41, 5.74) is 0. The lowest BCUT2D eigenvalue weighted by molar-refractivity contribution is -0.163. The van der Waals surface area contributed by atoms with Crippen LogP contribution in [-0.4, -0.2) is 10.9 Å². The van der Waals surface area contributed by atoms with Crippen LogP contribution < -0.4 is 4.74 Å². The number of benzene rings is 1. The summed E-state index contributed by atoms with van der Waals surface area (Å²) in [7, 11) is 0. The molecule has 1 aromatic rings. The molecule has 0 amide bonds. The van der Waals surface area contributed by atoms with Crippen LogP contribution in [-0.2, 0) is 0 Å². The number of rotatable bonds is 3. The summed E-state index contributed by atoms with van der Waals surface area (Å²) in [5.74, 6) is 0.0267. The third kappa shape index (κ3) is 3.01. The summed E-state index contributed by atoms with van der Waals surface area (Å²) in [6.07, 6.45) is -3.57. The number of para-hydroxylation sites is 1. The molecule has 0 bridgehead atoms. The zero-order valence-corrected chi connectivity index (χ0v) is 7.90. The van der Waals surface area contributed by atoms with E-state index in [1.165, 1.54) is 12.1 Å². The SMILES string of the molecule is FC([18F])(Oc1ccccc1)C(Cl)Cl. The molecule has 1 atom stereocenters. The standard InChI is InChI=1S/C8H6Cl2F2O/c9-7(10)8(11,12)13-6-4-2-1-3-5-6/h1-5,7H/i11-1. The second-order valence-corrected chi connectivity index (χ2v) is 3.37. The molecule has 0 fully saturated rings. The van der Waals surface area contributed by atoms with Crippen molar-refractivity contribution in [1.82, 2.24) is 0 Å². The first-order chi connectivity index (χ1) is 6.02. The van der Waals surface area contributed by atoms with Crippen molar-refractivity contribution in [3.05, 3.63) is 30.3 Å². The third-order valence-corrected chi connectivity index (χ3v) is 1.76. The Hall–Kier alpha value is -0.540. The fourth-order valence-electron chi connectivity index (χ4n) is 0.690. The molecule has 0 spiro atoms. The van der Waals surface area contributed by atoms with Gasteiger partial charge in [0.15, 0.2) is 0 Å². The molecular weight excluding hydrogens is 220 g/mol. The minimum Gasteiger partial charge on any atom is -0.431 e. The Morgan fingerprint density at radius 3 is 2.15 bits per heavy atom. The van der Waals surface area contributed by atoms with E-state index < -0.39 is 10.9 Å². The molecule has 1 aromatic carbocycles. The maximum atomic E-state index is 12.7. The number of ether oxygens (including phenoxy) is 1. The minimum atomic E-state index is -3.57.